The summed E-state index contributed by atoms with van der Waals surface area (Å²) in [6, 6.07) is 7.34. The number of anilines is 2. The summed E-state index contributed by atoms with van der Waals surface area (Å²) in [5.74, 6) is 0.344. The first kappa shape index (κ1) is 9.87. The lowest BCUT2D eigenvalue weighted by atomic mass is 10.2. The number of nitriles is 1. The minimum Gasteiger partial charge on any atom is -0.399 e. The molecular formula is C10H9N3OS. The number of fused-ring (bicyclic) bond motifs is 1. The second-order valence-electron chi connectivity index (χ2n) is 3.15. The minimum atomic E-state index is -0.0289. The largest absolute Gasteiger partial charge is 0.399 e. The fourth-order valence-electron chi connectivity index (χ4n) is 1.47. The third-order valence-corrected chi connectivity index (χ3v) is 3.18. The zero-order valence-corrected chi connectivity index (χ0v) is 8.75. The van der Waals surface area contributed by atoms with Crippen molar-refractivity contribution in [3.63, 3.8) is 0 Å². The molecule has 0 bridgehead atoms. The molecule has 0 unspecified atom stereocenters. The molecule has 0 radical (unpaired) electrons. The summed E-state index contributed by atoms with van der Waals surface area (Å²) in [5, 5.41) is 8.64. The molecule has 0 fully saturated rings. The maximum absolute atomic E-state index is 11.6. The van der Waals surface area contributed by atoms with Gasteiger partial charge in [-0.2, -0.15) is 5.26 Å². The molecule has 0 saturated heterocycles. The number of hydrogen-bond donors (Lipinski definition) is 1. The molecule has 1 aromatic carbocycles. The van der Waals surface area contributed by atoms with E-state index in [2.05, 4.69) is 0 Å². The number of benzene rings is 1. The van der Waals surface area contributed by atoms with Gasteiger partial charge in [0.15, 0.2) is 0 Å². The van der Waals surface area contributed by atoms with Crippen molar-refractivity contribution in [1.29, 1.82) is 5.26 Å². The van der Waals surface area contributed by atoms with E-state index in [1.54, 1.807) is 12.1 Å². The topological polar surface area (TPSA) is 70.1 Å². The Hall–Kier alpha value is -1.67. The molecule has 1 aliphatic heterocycles. The Labute approximate surface area is 91.7 Å². The van der Waals surface area contributed by atoms with Crippen molar-refractivity contribution in [2.24, 2.45) is 0 Å². The Morgan fingerprint density at radius 2 is 2.40 bits per heavy atom. The first-order valence-corrected chi connectivity index (χ1v) is 5.40. The Morgan fingerprint density at radius 1 is 1.60 bits per heavy atom. The van der Waals surface area contributed by atoms with E-state index in [-0.39, 0.29) is 12.5 Å². The molecule has 5 heteroatoms. The number of carbonyl (C=O) groups is 1. The van der Waals surface area contributed by atoms with Crippen molar-refractivity contribution < 1.29 is 4.79 Å². The second kappa shape index (κ2) is 3.83. The Kier molecular flexibility index (Phi) is 2.52. The van der Waals surface area contributed by atoms with E-state index >= 15 is 0 Å². The molecule has 2 rings (SSSR count). The zero-order valence-electron chi connectivity index (χ0n) is 7.93. The third kappa shape index (κ3) is 1.76. The van der Waals surface area contributed by atoms with Gasteiger partial charge >= 0.3 is 0 Å². The van der Waals surface area contributed by atoms with Crippen molar-refractivity contribution in [1.82, 2.24) is 0 Å². The maximum atomic E-state index is 11.6. The number of nitrogens with zero attached hydrogens (tertiary/aromatic N) is 2. The highest BCUT2D eigenvalue weighted by Gasteiger charge is 2.24. The van der Waals surface area contributed by atoms with Crippen LogP contribution in [0.4, 0.5) is 11.4 Å². The lowest BCUT2D eigenvalue weighted by molar-refractivity contribution is -0.116. The van der Waals surface area contributed by atoms with Crippen LogP contribution in [-0.4, -0.2) is 18.2 Å². The Balaban J connectivity index is 2.44. The van der Waals surface area contributed by atoms with E-state index in [9.17, 15) is 4.79 Å². The number of nitrogen functional groups attached to an aromatic ring is 1. The van der Waals surface area contributed by atoms with Gasteiger partial charge in [0.2, 0.25) is 5.91 Å². The van der Waals surface area contributed by atoms with Gasteiger partial charge in [0.05, 0.1) is 17.5 Å². The van der Waals surface area contributed by atoms with Crippen molar-refractivity contribution >= 4 is 29.0 Å². The number of rotatable bonds is 1. The van der Waals surface area contributed by atoms with E-state index in [1.165, 1.54) is 16.7 Å². The van der Waals surface area contributed by atoms with Crippen molar-refractivity contribution in [2.45, 2.75) is 4.90 Å². The van der Waals surface area contributed by atoms with E-state index in [1.807, 2.05) is 12.1 Å². The summed E-state index contributed by atoms with van der Waals surface area (Å²) in [4.78, 5) is 14.0. The van der Waals surface area contributed by atoms with Crippen LogP contribution < -0.4 is 10.6 Å². The molecule has 0 saturated carbocycles. The van der Waals surface area contributed by atoms with Crippen LogP contribution in [0.1, 0.15) is 0 Å². The number of amides is 1. The van der Waals surface area contributed by atoms with Gasteiger partial charge < -0.3 is 5.73 Å². The highest BCUT2D eigenvalue weighted by Crippen LogP contribution is 2.36. The van der Waals surface area contributed by atoms with E-state index in [4.69, 9.17) is 11.0 Å². The Morgan fingerprint density at radius 3 is 3.13 bits per heavy atom. The summed E-state index contributed by atoms with van der Waals surface area (Å²) >= 11 is 1.46. The first-order chi connectivity index (χ1) is 7.22. The highest BCUT2D eigenvalue weighted by molar-refractivity contribution is 8.00. The average molecular weight is 219 g/mol. The van der Waals surface area contributed by atoms with E-state index in [0.29, 0.717) is 11.4 Å². The molecule has 1 aliphatic rings. The molecule has 0 aromatic heterocycles. The average Bonchev–Trinajstić information content (AvgIpc) is 2.22. The van der Waals surface area contributed by atoms with Gasteiger partial charge in [-0.15, -0.1) is 11.8 Å². The first-order valence-electron chi connectivity index (χ1n) is 4.42. The number of nitrogens with two attached hydrogens (primary N) is 1. The van der Waals surface area contributed by atoms with Crippen molar-refractivity contribution in [3.05, 3.63) is 18.2 Å². The summed E-state index contributed by atoms with van der Waals surface area (Å²) in [7, 11) is 0. The highest BCUT2D eigenvalue weighted by atomic mass is 32.2. The van der Waals surface area contributed by atoms with Crippen molar-refractivity contribution in [2.75, 3.05) is 22.9 Å². The van der Waals surface area contributed by atoms with Crippen LogP contribution in [0, 0.1) is 11.3 Å². The van der Waals surface area contributed by atoms with E-state index < -0.39 is 0 Å². The Bertz CT molecular complexity index is 452. The summed E-state index contributed by atoms with van der Waals surface area (Å²) in [6.07, 6.45) is 0. The van der Waals surface area contributed by atoms with Crippen LogP contribution in [0.5, 0.6) is 0 Å². The number of thioether (sulfide) groups is 1. The molecule has 0 spiro atoms. The number of carbonyl (C=O) groups excluding carboxylic acids is 1. The molecule has 1 amide bonds. The van der Waals surface area contributed by atoms with Crippen LogP contribution in [0.15, 0.2) is 23.1 Å². The van der Waals surface area contributed by atoms with Gasteiger partial charge in [0.1, 0.15) is 6.54 Å². The van der Waals surface area contributed by atoms with Gasteiger partial charge in [-0.1, -0.05) is 0 Å². The van der Waals surface area contributed by atoms with Crippen molar-refractivity contribution in [3.8, 4) is 6.07 Å². The predicted octanol–water partition coefficient (Wildman–Crippen LogP) is 1.23. The van der Waals surface area contributed by atoms with Gasteiger partial charge in [0.25, 0.3) is 0 Å². The third-order valence-electron chi connectivity index (χ3n) is 2.16. The monoisotopic (exact) mass is 219 g/mol. The normalized spacial score (nSPS) is 14.6. The van der Waals surface area contributed by atoms with Gasteiger partial charge in [0, 0.05) is 10.6 Å². The molecule has 2 N–H and O–H groups in total. The smallest absolute Gasteiger partial charge is 0.238 e. The molecule has 1 aromatic rings. The number of hydrogen-bond acceptors (Lipinski definition) is 4. The summed E-state index contributed by atoms with van der Waals surface area (Å²) in [6.45, 7) is 0.0936. The van der Waals surface area contributed by atoms with Gasteiger partial charge in [-0.05, 0) is 18.2 Å². The van der Waals surface area contributed by atoms with Crippen LogP contribution >= 0.6 is 11.8 Å². The van der Waals surface area contributed by atoms with Crippen LogP contribution in [-0.2, 0) is 4.79 Å². The van der Waals surface area contributed by atoms with Crippen LogP contribution in [0.3, 0.4) is 0 Å². The fourth-order valence-corrected chi connectivity index (χ4v) is 2.45. The fraction of sp³-hybridized carbons (Fsp3) is 0.200. The maximum Gasteiger partial charge on any atom is 0.238 e. The predicted molar refractivity (Wildman–Crippen MR) is 59.5 cm³/mol. The SMILES string of the molecule is N#CCN1C(=O)CSc2cc(N)ccc21. The quantitative estimate of drug-likeness (QED) is 0.569. The van der Waals surface area contributed by atoms with Crippen LogP contribution in [0.2, 0.25) is 0 Å². The minimum absolute atomic E-state index is 0.0289. The lowest BCUT2D eigenvalue weighted by Crippen LogP contribution is -2.35. The molecule has 0 atom stereocenters. The molecule has 4 nitrogen and oxygen atoms in total. The molecular weight excluding hydrogens is 210 g/mol. The summed E-state index contributed by atoms with van der Waals surface area (Å²) < 4.78 is 0. The molecule has 1 heterocycles. The van der Waals surface area contributed by atoms with Gasteiger partial charge in [-0.25, -0.2) is 0 Å². The summed E-state index contributed by atoms with van der Waals surface area (Å²) in [5.41, 5.74) is 7.11. The standard InChI is InChI=1S/C10H9N3OS/c11-3-4-13-8-2-1-7(12)5-9(8)15-6-10(13)14/h1-2,5H,4,6,12H2. The molecule has 0 aliphatic carbocycles. The molecule has 76 valence electrons. The zero-order chi connectivity index (χ0) is 10.8. The molecule has 15 heavy (non-hydrogen) atoms. The van der Waals surface area contributed by atoms with Crippen LogP contribution in [0.25, 0.3) is 0 Å². The van der Waals surface area contributed by atoms with Gasteiger partial charge in [-0.3, -0.25) is 9.69 Å². The second-order valence-corrected chi connectivity index (χ2v) is 4.17. The van der Waals surface area contributed by atoms with E-state index in [0.717, 1.165) is 10.6 Å². The lowest BCUT2D eigenvalue weighted by Gasteiger charge is -2.26.